The normalized spacial score (nSPS) is 13.7. The second-order valence-corrected chi connectivity index (χ2v) is 6.90. The van der Waals surface area contributed by atoms with Crippen LogP contribution in [0.2, 0.25) is 0 Å². The van der Waals surface area contributed by atoms with Crippen LogP contribution in [-0.4, -0.2) is 34.5 Å². The summed E-state index contributed by atoms with van der Waals surface area (Å²) in [5.41, 5.74) is -1.11. The Kier molecular flexibility index (Phi) is 5.82. The van der Waals surface area contributed by atoms with Gasteiger partial charge in [-0.05, 0) is 54.9 Å². The van der Waals surface area contributed by atoms with Gasteiger partial charge in [-0.1, -0.05) is 0 Å². The van der Waals surface area contributed by atoms with Gasteiger partial charge in [0.05, 0.1) is 29.8 Å². The smallest absolute Gasteiger partial charge is 0.306 e. The molecule has 0 saturated heterocycles. The lowest BCUT2D eigenvalue weighted by molar-refractivity contribution is -0.147. The number of aliphatic carboxylic acids is 1. The molecule has 0 fully saturated rings. The van der Waals surface area contributed by atoms with E-state index in [9.17, 15) is 4.79 Å². The summed E-state index contributed by atoms with van der Waals surface area (Å²) in [6.45, 7) is 14.2. The molecule has 0 aliphatic rings. The van der Waals surface area contributed by atoms with Crippen LogP contribution in [0.1, 0.15) is 61.3 Å². The topological polar surface area (TPSA) is 55.8 Å². The number of carboxylic acids is 1. The lowest BCUT2D eigenvalue weighted by atomic mass is 10.0. The summed E-state index contributed by atoms with van der Waals surface area (Å²) in [5, 5.41) is 8.76. The molecule has 0 bridgehead atoms. The molecule has 0 rings (SSSR count). The maximum Gasteiger partial charge on any atom is 0.306 e. The van der Waals surface area contributed by atoms with Crippen LogP contribution in [0.5, 0.6) is 0 Å². The molecule has 0 heterocycles. The third kappa shape index (κ3) is 9.42. The number of carbonyl (C=O) groups is 1. The fourth-order valence-electron chi connectivity index (χ4n) is 1.87. The molecule has 1 N–H and O–H groups in total. The van der Waals surface area contributed by atoms with Crippen LogP contribution in [0.3, 0.4) is 0 Å². The van der Waals surface area contributed by atoms with Crippen LogP contribution in [0.15, 0.2) is 0 Å². The van der Waals surface area contributed by atoms with Gasteiger partial charge in [-0.3, -0.25) is 4.79 Å². The molecule has 0 aliphatic heterocycles. The van der Waals surface area contributed by atoms with Gasteiger partial charge in [-0.15, -0.1) is 0 Å². The number of hydrogen-bond donors (Lipinski definition) is 1. The van der Waals surface area contributed by atoms with Crippen molar-refractivity contribution in [1.82, 2.24) is 0 Å². The first-order valence-electron chi connectivity index (χ1n) is 6.39. The minimum Gasteiger partial charge on any atom is -0.481 e. The van der Waals surface area contributed by atoms with Gasteiger partial charge < -0.3 is 14.6 Å². The zero-order valence-corrected chi connectivity index (χ0v) is 12.8. The monoisotopic (exact) mass is 260 g/mol. The number of rotatable bonds is 7. The lowest BCUT2D eigenvalue weighted by Crippen LogP contribution is -2.37. The van der Waals surface area contributed by atoms with Gasteiger partial charge in [0, 0.05) is 0 Å². The van der Waals surface area contributed by atoms with Crippen molar-refractivity contribution in [2.45, 2.75) is 78.1 Å². The summed E-state index contributed by atoms with van der Waals surface area (Å²) < 4.78 is 11.6. The van der Waals surface area contributed by atoms with Crippen LogP contribution in [-0.2, 0) is 14.3 Å². The Morgan fingerprint density at radius 2 is 1.50 bits per heavy atom. The molecule has 0 aromatic rings. The van der Waals surface area contributed by atoms with Crippen LogP contribution in [0, 0.1) is 0 Å². The van der Waals surface area contributed by atoms with E-state index in [1.807, 2.05) is 34.6 Å². The van der Waals surface area contributed by atoms with E-state index in [1.165, 1.54) is 0 Å². The highest BCUT2D eigenvalue weighted by molar-refractivity contribution is 5.67. The summed E-state index contributed by atoms with van der Waals surface area (Å²) in [7, 11) is 0. The van der Waals surface area contributed by atoms with Crippen molar-refractivity contribution in [3.8, 4) is 0 Å². The first-order chi connectivity index (χ1) is 7.83. The lowest BCUT2D eigenvalue weighted by Gasteiger charge is -2.34. The van der Waals surface area contributed by atoms with Gasteiger partial charge >= 0.3 is 5.97 Å². The highest BCUT2D eigenvalue weighted by Crippen LogP contribution is 2.24. The molecule has 0 radical (unpaired) electrons. The van der Waals surface area contributed by atoms with Crippen LogP contribution >= 0.6 is 0 Å². The molecule has 0 amide bonds. The molecule has 0 saturated carbocycles. The molecular weight excluding hydrogens is 232 g/mol. The van der Waals surface area contributed by atoms with Crippen molar-refractivity contribution in [2.24, 2.45) is 0 Å². The summed E-state index contributed by atoms with van der Waals surface area (Å²) in [5.74, 6) is -0.842. The van der Waals surface area contributed by atoms with Gasteiger partial charge in [-0.25, -0.2) is 0 Å². The molecule has 0 aromatic carbocycles. The Bertz CT molecular complexity index is 274. The quantitative estimate of drug-likeness (QED) is 0.763. The van der Waals surface area contributed by atoms with Crippen LogP contribution < -0.4 is 0 Å². The average Bonchev–Trinajstić information content (AvgIpc) is 1.93. The first kappa shape index (κ1) is 17.4. The van der Waals surface area contributed by atoms with E-state index >= 15 is 0 Å². The maximum atomic E-state index is 10.7. The second kappa shape index (κ2) is 6.02. The Balaban J connectivity index is 4.14. The van der Waals surface area contributed by atoms with E-state index in [-0.39, 0.29) is 17.6 Å². The number of carboxylic acid groups (broad SMARTS) is 1. The third-order valence-electron chi connectivity index (χ3n) is 2.36. The van der Waals surface area contributed by atoms with E-state index in [0.717, 1.165) is 6.42 Å². The summed E-state index contributed by atoms with van der Waals surface area (Å²) in [6.07, 6.45) is 0.737. The van der Waals surface area contributed by atoms with Gasteiger partial charge in [0.1, 0.15) is 0 Å². The van der Waals surface area contributed by atoms with Gasteiger partial charge in [0.2, 0.25) is 0 Å². The molecule has 0 aromatic heterocycles. The van der Waals surface area contributed by atoms with Crippen molar-refractivity contribution in [3.05, 3.63) is 0 Å². The van der Waals surface area contributed by atoms with Crippen molar-refractivity contribution >= 4 is 5.97 Å². The molecule has 0 atom stereocenters. The first-order valence-corrected chi connectivity index (χ1v) is 6.39. The van der Waals surface area contributed by atoms with E-state index < -0.39 is 11.6 Å². The van der Waals surface area contributed by atoms with E-state index in [0.29, 0.717) is 6.61 Å². The van der Waals surface area contributed by atoms with E-state index in [1.54, 1.807) is 13.8 Å². The molecule has 4 heteroatoms. The van der Waals surface area contributed by atoms with Crippen molar-refractivity contribution in [2.75, 3.05) is 6.61 Å². The Labute approximate surface area is 111 Å². The largest absolute Gasteiger partial charge is 0.481 e. The molecule has 108 valence electrons. The Hall–Kier alpha value is -0.610. The number of ether oxygens (including phenoxy) is 2. The van der Waals surface area contributed by atoms with Crippen LogP contribution in [0.4, 0.5) is 0 Å². The van der Waals surface area contributed by atoms with Gasteiger partial charge in [0.25, 0.3) is 0 Å². The zero-order valence-electron chi connectivity index (χ0n) is 12.8. The van der Waals surface area contributed by atoms with Crippen molar-refractivity contribution < 1.29 is 19.4 Å². The fourth-order valence-corrected chi connectivity index (χ4v) is 1.87. The highest BCUT2D eigenvalue weighted by Gasteiger charge is 2.28. The molecule has 4 nitrogen and oxygen atoms in total. The number of hydrogen-bond acceptors (Lipinski definition) is 3. The molecule has 0 unspecified atom stereocenters. The van der Waals surface area contributed by atoms with Gasteiger partial charge in [0.15, 0.2) is 0 Å². The molecule has 18 heavy (non-hydrogen) atoms. The second-order valence-electron chi connectivity index (χ2n) is 6.90. The minimum atomic E-state index is -0.842. The standard InChI is InChI=1S/C14H28O4/c1-12(2,3)18-13(4,5)8-9-17-14(6,7)10-11(15)16/h8-10H2,1-7H3,(H,15,16). The SMILES string of the molecule is CC(C)(C)OC(C)(C)CCOC(C)(C)CC(=O)O. The summed E-state index contributed by atoms with van der Waals surface area (Å²) >= 11 is 0. The van der Waals surface area contributed by atoms with Crippen molar-refractivity contribution in [1.29, 1.82) is 0 Å². The molecule has 0 spiro atoms. The zero-order chi connectivity index (χ0) is 14.6. The highest BCUT2D eigenvalue weighted by atomic mass is 16.5. The molecule has 0 aliphatic carbocycles. The van der Waals surface area contributed by atoms with E-state index in [2.05, 4.69) is 0 Å². The Morgan fingerprint density at radius 1 is 1.00 bits per heavy atom. The van der Waals surface area contributed by atoms with Crippen LogP contribution in [0.25, 0.3) is 0 Å². The van der Waals surface area contributed by atoms with Crippen molar-refractivity contribution in [3.63, 3.8) is 0 Å². The van der Waals surface area contributed by atoms with Gasteiger partial charge in [-0.2, -0.15) is 0 Å². The molecular formula is C14H28O4. The summed E-state index contributed by atoms with van der Waals surface area (Å²) in [6, 6.07) is 0. The average molecular weight is 260 g/mol. The minimum absolute atomic E-state index is 0.00750. The predicted molar refractivity (Wildman–Crippen MR) is 71.8 cm³/mol. The Morgan fingerprint density at radius 3 is 1.89 bits per heavy atom. The fraction of sp³-hybridized carbons (Fsp3) is 0.929. The van der Waals surface area contributed by atoms with E-state index in [4.69, 9.17) is 14.6 Å². The predicted octanol–water partition coefficient (Wildman–Crippen LogP) is 3.24. The summed E-state index contributed by atoms with van der Waals surface area (Å²) in [4.78, 5) is 10.7. The maximum absolute atomic E-state index is 10.7. The third-order valence-corrected chi connectivity index (χ3v) is 2.36.